The Kier molecular flexibility index (Phi) is 7.24. The number of hydrogen-bond donors (Lipinski definition) is 1. The maximum atomic E-state index is 13.8. The highest BCUT2D eigenvalue weighted by Crippen LogP contribution is 2.40. The fourth-order valence-electron chi connectivity index (χ4n) is 4.33. The molecule has 8 heteroatoms. The minimum Gasteiger partial charge on any atom is -0.496 e. The first-order chi connectivity index (χ1) is 17.4. The van der Waals surface area contributed by atoms with Crippen molar-refractivity contribution in [2.24, 2.45) is 0 Å². The Morgan fingerprint density at radius 1 is 1.08 bits per heavy atom. The molecule has 0 aromatic heterocycles. The van der Waals surface area contributed by atoms with E-state index in [0.717, 1.165) is 16.7 Å². The fourth-order valence-corrected chi connectivity index (χ4v) is 5.80. The van der Waals surface area contributed by atoms with Gasteiger partial charge in [-0.15, -0.1) is 0 Å². The predicted molar refractivity (Wildman–Crippen MR) is 145 cm³/mol. The van der Waals surface area contributed by atoms with Crippen LogP contribution in [0.3, 0.4) is 0 Å². The number of hydrogen-bond acceptors (Lipinski definition) is 5. The second-order valence-electron chi connectivity index (χ2n) is 10.4. The topological polar surface area (TPSA) is 84.9 Å². The average Bonchev–Trinajstić information content (AvgIpc) is 2.87. The highest BCUT2D eigenvalue weighted by molar-refractivity contribution is 7.92. The van der Waals surface area contributed by atoms with Crippen molar-refractivity contribution in [2.45, 2.75) is 57.1 Å². The molecule has 1 aliphatic rings. The van der Waals surface area contributed by atoms with Crippen molar-refractivity contribution >= 4 is 21.6 Å². The van der Waals surface area contributed by atoms with Gasteiger partial charge in [0.25, 0.3) is 15.9 Å². The third-order valence-corrected chi connectivity index (χ3v) is 8.35. The van der Waals surface area contributed by atoms with Crippen molar-refractivity contribution in [1.29, 1.82) is 0 Å². The Morgan fingerprint density at radius 3 is 2.41 bits per heavy atom. The van der Waals surface area contributed by atoms with E-state index in [4.69, 9.17) is 9.47 Å². The molecule has 0 spiro atoms. The monoisotopic (exact) mass is 522 g/mol. The number of sulfonamides is 1. The molecular formula is C29H34N2O5S. The average molecular weight is 523 g/mol. The summed E-state index contributed by atoms with van der Waals surface area (Å²) in [6.45, 7) is 9.79. The third kappa shape index (κ3) is 5.44. The number of nitrogens with one attached hydrogen (secondary N) is 1. The van der Waals surface area contributed by atoms with E-state index in [9.17, 15) is 13.2 Å². The molecule has 1 heterocycles. The zero-order valence-electron chi connectivity index (χ0n) is 22.1. The van der Waals surface area contributed by atoms with Gasteiger partial charge in [-0.2, -0.15) is 0 Å². The number of amides is 1. The van der Waals surface area contributed by atoms with Crippen LogP contribution in [-0.2, 0) is 20.2 Å². The van der Waals surface area contributed by atoms with E-state index in [1.165, 1.54) is 4.31 Å². The van der Waals surface area contributed by atoms with Gasteiger partial charge in [-0.3, -0.25) is 9.10 Å². The van der Waals surface area contributed by atoms with Crippen LogP contribution < -0.4 is 19.1 Å². The van der Waals surface area contributed by atoms with Gasteiger partial charge in [-0.1, -0.05) is 62.7 Å². The number of methoxy groups -OCH3 is 1. The first-order valence-corrected chi connectivity index (χ1v) is 13.7. The summed E-state index contributed by atoms with van der Waals surface area (Å²) in [4.78, 5) is 13.5. The Hall–Kier alpha value is -3.52. The van der Waals surface area contributed by atoms with Gasteiger partial charge in [0.05, 0.1) is 30.3 Å². The first-order valence-electron chi connectivity index (χ1n) is 12.3. The molecular weight excluding hydrogens is 488 g/mol. The zero-order valence-corrected chi connectivity index (χ0v) is 22.9. The van der Waals surface area contributed by atoms with Gasteiger partial charge in [0, 0.05) is 5.56 Å². The molecule has 1 aliphatic heterocycles. The van der Waals surface area contributed by atoms with Crippen LogP contribution in [0.5, 0.6) is 11.5 Å². The van der Waals surface area contributed by atoms with Gasteiger partial charge < -0.3 is 14.8 Å². The van der Waals surface area contributed by atoms with Crippen molar-refractivity contribution in [1.82, 2.24) is 5.32 Å². The van der Waals surface area contributed by atoms with Crippen LogP contribution in [0.4, 0.5) is 5.69 Å². The molecule has 0 bridgehead atoms. The summed E-state index contributed by atoms with van der Waals surface area (Å²) in [5.74, 6) is 0.594. The van der Waals surface area contributed by atoms with Crippen LogP contribution in [0.1, 0.15) is 50.4 Å². The first kappa shape index (κ1) is 26.5. The smallest absolute Gasteiger partial charge is 0.264 e. The highest BCUT2D eigenvalue weighted by atomic mass is 32.2. The molecule has 1 amide bonds. The van der Waals surface area contributed by atoms with Crippen molar-refractivity contribution in [3.8, 4) is 11.5 Å². The fraction of sp³-hybridized carbons (Fsp3) is 0.345. The lowest BCUT2D eigenvalue weighted by Crippen LogP contribution is -2.51. The standard InChI is InChI=1S/C29H34N2O5S/c1-19-11-14-22(15-12-19)37(33,34)31-18-27(36-26-16-13-21(17-24(26)31)29(3,4)5)28(32)30-20(2)23-9-7-8-10-25(23)35-6/h7-17,20,27H,18H2,1-6H3,(H,30,32)/t20-,27+/m0/s1. The van der Waals surface area contributed by atoms with E-state index in [1.807, 2.05) is 50.2 Å². The van der Waals surface area contributed by atoms with E-state index in [1.54, 1.807) is 37.4 Å². The van der Waals surface area contributed by atoms with Crippen molar-refractivity contribution < 1.29 is 22.7 Å². The molecule has 7 nitrogen and oxygen atoms in total. The van der Waals surface area contributed by atoms with Crippen LogP contribution in [0, 0.1) is 6.92 Å². The molecule has 0 fully saturated rings. The summed E-state index contributed by atoms with van der Waals surface area (Å²) in [6.07, 6.45) is -1.04. The molecule has 0 saturated heterocycles. The lowest BCUT2D eigenvalue weighted by Gasteiger charge is -2.36. The molecule has 0 aliphatic carbocycles. The van der Waals surface area contributed by atoms with E-state index < -0.39 is 22.0 Å². The maximum absolute atomic E-state index is 13.8. The van der Waals surface area contributed by atoms with Crippen molar-refractivity contribution in [3.05, 3.63) is 83.4 Å². The number of aryl methyl sites for hydroxylation is 1. The molecule has 0 saturated carbocycles. The highest BCUT2D eigenvalue weighted by Gasteiger charge is 2.38. The predicted octanol–water partition coefficient (Wildman–Crippen LogP) is 5.13. The van der Waals surface area contributed by atoms with Crippen LogP contribution >= 0.6 is 0 Å². The molecule has 0 unspecified atom stereocenters. The summed E-state index contributed by atoms with van der Waals surface area (Å²) in [6, 6.07) is 19.3. The van der Waals surface area contributed by atoms with Crippen LogP contribution in [0.25, 0.3) is 0 Å². The van der Waals surface area contributed by atoms with Gasteiger partial charge >= 0.3 is 0 Å². The number of fused-ring (bicyclic) bond motifs is 1. The minimum atomic E-state index is -3.96. The SMILES string of the molecule is COc1ccccc1[C@H](C)NC(=O)[C@H]1CN(S(=O)(=O)c2ccc(C)cc2)c2cc(C(C)(C)C)ccc2O1. The van der Waals surface area contributed by atoms with Crippen LogP contribution in [0.15, 0.2) is 71.6 Å². The number of rotatable bonds is 6. The Labute approximate surface area is 219 Å². The summed E-state index contributed by atoms with van der Waals surface area (Å²) < 4.78 is 40.5. The number of anilines is 1. The lowest BCUT2D eigenvalue weighted by atomic mass is 9.86. The van der Waals surface area contributed by atoms with Crippen molar-refractivity contribution in [2.75, 3.05) is 18.0 Å². The molecule has 1 N–H and O–H groups in total. The van der Waals surface area contributed by atoms with Gasteiger partial charge in [0.2, 0.25) is 0 Å². The number of carbonyl (C=O) groups excluding carboxylic acids is 1. The number of nitrogens with zero attached hydrogens (tertiary/aromatic N) is 1. The van der Waals surface area contributed by atoms with E-state index in [0.29, 0.717) is 17.2 Å². The molecule has 0 radical (unpaired) electrons. The molecule has 196 valence electrons. The number of ether oxygens (including phenoxy) is 2. The van der Waals surface area contributed by atoms with Gasteiger partial charge in [0.1, 0.15) is 11.5 Å². The number of carbonyl (C=O) groups is 1. The Morgan fingerprint density at radius 2 is 1.76 bits per heavy atom. The summed E-state index contributed by atoms with van der Waals surface area (Å²) in [7, 11) is -2.38. The van der Waals surface area contributed by atoms with Crippen LogP contribution in [0.2, 0.25) is 0 Å². The Balaban J connectivity index is 1.70. The van der Waals surface area contributed by atoms with Gasteiger partial charge in [-0.05, 0) is 55.2 Å². The van der Waals surface area contributed by atoms with E-state index in [-0.39, 0.29) is 22.9 Å². The second kappa shape index (κ2) is 10.1. The van der Waals surface area contributed by atoms with Crippen molar-refractivity contribution in [3.63, 3.8) is 0 Å². The van der Waals surface area contributed by atoms with Crippen LogP contribution in [-0.4, -0.2) is 34.1 Å². The van der Waals surface area contributed by atoms with Gasteiger partial charge in [-0.25, -0.2) is 8.42 Å². The maximum Gasteiger partial charge on any atom is 0.264 e. The Bertz CT molecular complexity index is 1390. The second-order valence-corrected chi connectivity index (χ2v) is 12.2. The lowest BCUT2D eigenvalue weighted by molar-refractivity contribution is -0.128. The van der Waals surface area contributed by atoms with E-state index in [2.05, 4.69) is 26.1 Å². The summed E-state index contributed by atoms with van der Waals surface area (Å²) in [5, 5.41) is 2.96. The molecule has 3 aromatic carbocycles. The molecule has 37 heavy (non-hydrogen) atoms. The quantitative estimate of drug-likeness (QED) is 0.485. The number of para-hydroxylation sites is 1. The summed E-state index contributed by atoms with van der Waals surface area (Å²) >= 11 is 0. The molecule has 3 aromatic rings. The third-order valence-electron chi connectivity index (χ3n) is 6.56. The molecule has 2 atom stereocenters. The largest absolute Gasteiger partial charge is 0.496 e. The minimum absolute atomic E-state index is 0.152. The molecule has 4 rings (SSSR count). The van der Waals surface area contributed by atoms with E-state index >= 15 is 0 Å². The normalized spacial score (nSPS) is 16.4. The zero-order chi connectivity index (χ0) is 27.0. The van der Waals surface area contributed by atoms with Gasteiger partial charge in [0.15, 0.2) is 6.10 Å². The summed E-state index contributed by atoms with van der Waals surface area (Å²) in [5.41, 5.74) is 2.96. The number of benzene rings is 3.